The lowest BCUT2D eigenvalue weighted by atomic mass is 10.1. The van der Waals surface area contributed by atoms with Crippen molar-refractivity contribution in [2.24, 2.45) is 0 Å². The summed E-state index contributed by atoms with van der Waals surface area (Å²) in [4.78, 5) is 12.1. The monoisotopic (exact) mass is 264 g/mol. The summed E-state index contributed by atoms with van der Waals surface area (Å²) in [6.45, 7) is 2.82. The summed E-state index contributed by atoms with van der Waals surface area (Å²) < 4.78 is 10.5. The third-order valence-corrected chi connectivity index (χ3v) is 3.35. The molecule has 0 aliphatic carbocycles. The number of anilines is 1. The van der Waals surface area contributed by atoms with E-state index in [0.29, 0.717) is 17.2 Å². The van der Waals surface area contributed by atoms with Crippen LogP contribution in [0.1, 0.15) is 18.4 Å². The summed E-state index contributed by atoms with van der Waals surface area (Å²) in [6.07, 6.45) is 1.92. The van der Waals surface area contributed by atoms with Crippen molar-refractivity contribution >= 4 is 11.6 Å². The van der Waals surface area contributed by atoms with Crippen molar-refractivity contribution in [1.82, 2.24) is 5.32 Å². The Morgan fingerprint density at radius 2 is 2.16 bits per heavy atom. The zero-order chi connectivity index (χ0) is 13.8. The Balaban J connectivity index is 2.21. The van der Waals surface area contributed by atoms with E-state index in [1.165, 1.54) is 0 Å². The van der Waals surface area contributed by atoms with Gasteiger partial charge in [-0.2, -0.15) is 0 Å². The van der Waals surface area contributed by atoms with E-state index in [9.17, 15) is 4.79 Å². The summed E-state index contributed by atoms with van der Waals surface area (Å²) in [5.74, 6) is 1.32. The second-order valence-electron chi connectivity index (χ2n) is 4.66. The topological polar surface area (TPSA) is 59.6 Å². The molecular formula is C14H20N2O3. The Kier molecular flexibility index (Phi) is 4.27. The Morgan fingerprint density at radius 1 is 1.37 bits per heavy atom. The van der Waals surface area contributed by atoms with Gasteiger partial charge in [0.25, 0.3) is 0 Å². The van der Waals surface area contributed by atoms with Crippen molar-refractivity contribution in [3.8, 4) is 11.5 Å². The van der Waals surface area contributed by atoms with Crippen LogP contribution in [0.3, 0.4) is 0 Å². The van der Waals surface area contributed by atoms with Crippen LogP contribution in [0.4, 0.5) is 5.69 Å². The van der Waals surface area contributed by atoms with Crippen LogP contribution in [0.25, 0.3) is 0 Å². The van der Waals surface area contributed by atoms with Crippen LogP contribution in [-0.2, 0) is 4.79 Å². The lowest BCUT2D eigenvalue weighted by Crippen LogP contribution is -2.35. The van der Waals surface area contributed by atoms with E-state index >= 15 is 0 Å². The molecule has 1 heterocycles. The average Bonchev–Trinajstić information content (AvgIpc) is 2.94. The number of aryl methyl sites for hydroxylation is 1. The molecule has 2 rings (SSSR count). The van der Waals surface area contributed by atoms with Gasteiger partial charge in [-0.1, -0.05) is 0 Å². The molecule has 1 aliphatic heterocycles. The fraction of sp³-hybridized carbons (Fsp3) is 0.500. The first kappa shape index (κ1) is 13.7. The fourth-order valence-electron chi connectivity index (χ4n) is 2.28. The summed E-state index contributed by atoms with van der Waals surface area (Å²) in [6, 6.07) is 3.54. The van der Waals surface area contributed by atoms with E-state index in [0.717, 1.165) is 24.9 Å². The molecule has 0 bridgehead atoms. The molecular weight excluding hydrogens is 244 g/mol. The molecule has 1 atom stereocenters. The van der Waals surface area contributed by atoms with Gasteiger partial charge in [-0.25, -0.2) is 0 Å². The molecule has 5 nitrogen and oxygen atoms in total. The number of ether oxygens (including phenoxy) is 2. The smallest absolute Gasteiger partial charge is 0.241 e. The zero-order valence-corrected chi connectivity index (χ0v) is 11.6. The van der Waals surface area contributed by atoms with Crippen molar-refractivity contribution in [3.05, 3.63) is 17.7 Å². The zero-order valence-electron chi connectivity index (χ0n) is 11.6. The predicted octanol–water partition coefficient (Wildman–Crippen LogP) is 1.70. The highest BCUT2D eigenvalue weighted by Crippen LogP contribution is 2.33. The van der Waals surface area contributed by atoms with Crippen molar-refractivity contribution in [2.45, 2.75) is 25.8 Å². The molecule has 1 aromatic carbocycles. The van der Waals surface area contributed by atoms with Gasteiger partial charge in [0.2, 0.25) is 5.91 Å². The van der Waals surface area contributed by atoms with Crippen molar-refractivity contribution in [3.63, 3.8) is 0 Å². The van der Waals surface area contributed by atoms with Gasteiger partial charge in [0.05, 0.1) is 25.9 Å². The van der Waals surface area contributed by atoms with Crippen LogP contribution in [-0.4, -0.2) is 32.7 Å². The first-order valence-corrected chi connectivity index (χ1v) is 6.42. The van der Waals surface area contributed by atoms with E-state index in [-0.39, 0.29) is 11.9 Å². The SMILES string of the molecule is COc1cc(C)c(NC(=O)C2CCCN2)c(OC)c1. The molecule has 19 heavy (non-hydrogen) atoms. The molecule has 1 amide bonds. The van der Waals surface area contributed by atoms with Gasteiger partial charge in [-0.15, -0.1) is 0 Å². The van der Waals surface area contributed by atoms with Crippen LogP contribution in [0.2, 0.25) is 0 Å². The fourth-order valence-corrected chi connectivity index (χ4v) is 2.28. The van der Waals surface area contributed by atoms with Gasteiger partial charge in [0.15, 0.2) is 0 Å². The van der Waals surface area contributed by atoms with Gasteiger partial charge < -0.3 is 20.1 Å². The molecule has 1 aromatic rings. The number of amides is 1. The minimum atomic E-state index is -0.105. The van der Waals surface area contributed by atoms with Gasteiger partial charge in [-0.3, -0.25) is 4.79 Å². The van der Waals surface area contributed by atoms with Crippen LogP contribution in [0.5, 0.6) is 11.5 Å². The molecule has 5 heteroatoms. The Labute approximate surface area is 113 Å². The normalized spacial score (nSPS) is 18.2. The minimum Gasteiger partial charge on any atom is -0.497 e. The van der Waals surface area contributed by atoms with Crippen LogP contribution < -0.4 is 20.1 Å². The number of methoxy groups -OCH3 is 2. The Hall–Kier alpha value is -1.75. The molecule has 0 spiro atoms. The van der Waals surface area contributed by atoms with Gasteiger partial charge >= 0.3 is 0 Å². The minimum absolute atomic E-state index is 0.0101. The lowest BCUT2D eigenvalue weighted by molar-refractivity contribution is -0.117. The summed E-state index contributed by atoms with van der Waals surface area (Å²) in [7, 11) is 3.19. The molecule has 2 N–H and O–H groups in total. The van der Waals surface area contributed by atoms with Gasteiger partial charge in [0.1, 0.15) is 11.5 Å². The van der Waals surface area contributed by atoms with E-state index < -0.39 is 0 Å². The van der Waals surface area contributed by atoms with Gasteiger partial charge in [0, 0.05) is 6.07 Å². The molecule has 1 saturated heterocycles. The van der Waals surface area contributed by atoms with Crippen molar-refractivity contribution < 1.29 is 14.3 Å². The molecule has 1 unspecified atom stereocenters. The maximum atomic E-state index is 12.1. The Morgan fingerprint density at radius 3 is 2.74 bits per heavy atom. The largest absolute Gasteiger partial charge is 0.497 e. The van der Waals surface area contributed by atoms with Gasteiger partial charge in [-0.05, 0) is 37.9 Å². The second-order valence-corrected chi connectivity index (χ2v) is 4.66. The summed E-state index contributed by atoms with van der Waals surface area (Å²) >= 11 is 0. The highest BCUT2D eigenvalue weighted by Gasteiger charge is 2.23. The van der Waals surface area contributed by atoms with E-state index in [2.05, 4.69) is 10.6 Å². The maximum absolute atomic E-state index is 12.1. The highest BCUT2D eigenvalue weighted by atomic mass is 16.5. The molecule has 1 fully saturated rings. The highest BCUT2D eigenvalue weighted by molar-refractivity contribution is 5.97. The number of hydrogen-bond acceptors (Lipinski definition) is 4. The first-order chi connectivity index (χ1) is 9.15. The number of nitrogens with one attached hydrogen (secondary N) is 2. The second kappa shape index (κ2) is 5.93. The lowest BCUT2D eigenvalue weighted by Gasteiger charge is -2.17. The standard InChI is InChI=1S/C14H20N2O3/c1-9-7-10(18-2)8-12(19-3)13(9)16-14(17)11-5-4-6-15-11/h7-8,11,15H,4-6H2,1-3H3,(H,16,17). The maximum Gasteiger partial charge on any atom is 0.241 e. The number of hydrogen-bond donors (Lipinski definition) is 2. The number of benzene rings is 1. The molecule has 1 aliphatic rings. The Bertz CT molecular complexity index is 468. The molecule has 0 saturated carbocycles. The average molecular weight is 264 g/mol. The summed E-state index contributed by atoms with van der Waals surface area (Å²) in [5, 5.41) is 6.12. The third-order valence-electron chi connectivity index (χ3n) is 3.35. The summed E-state index contributed by atoms with van der Waals surface area (Å²) in [5.41, 5.74) is 1.63. The number of carbonyl (C=O) groups excluding carboxylic acids is 1. The number of rotatable bonds is 4. The van der Waals surface area contributed by atoms with Crippen LogP contribution >= 0.6 is 0 Å². The first-order valence-electron chi connectivity index (χ1n) is 6.42. The third kappa shape index (κ3) is 2.98. The quantitative estimate of drug-likeness (QED) is 0.869. The predicted molar refractivity (Wildman–Crippen MR) is 73.9 cm³/mol. The van der Waals surface area contributed by atoms with Crippen LogP contribution in [0, 0.1) is 6.92 Å². The van der Waals surface area contributed by atoms with Crippen molar-refractivity contribution in [1.29, 1.82) is 0 Å². The number of carbonyl (C=O) groups is 1. The van der Waals surface area contributed by atoms with E-state index in [4.69, 9.17) is 9.47 Å². The van der Waals surface area contributed by atoms with E-state index in [1.54, 1.807) is 20.3 Å². The molecule has 104 valence electrons. The van der Waals surface area contributed by atoms with Crippen LogP contribution in [0.15, 0.2) is 12.1 Å². The molecule has 0 radical (unpaired) electrons. The van der Waals surface area contributed by atoms with Crippen molar-refractivity contribution in [2.75, 3.05) is 26.1 Å². The van der Waals surface area contributed by atoms with E-state index in [1.807, 2.05) is 13.0 Å². The molecule has 0 aromatic heterocycles.